The van der Waals surface area contributed by atoms with E-state index in [1.54, 1.807) is 18.9 Å². The Balaban J connectivity index is 0.00000233. The van der Waals surface area contributed by atoms with E-state index in [2.05, 4.69) is 25.6 Å². The van der Waals surface area contributed by atoms with Crippen LogP contribution in [-0.2, 0) is 14.3 Å². The van der Waals surface area contributed by atoms with Crippen molar-refractivity contribution in [2.75, 3.05) is 49.3 Å². The molecule has 0 radical (unpaired) electrons. The van der Waals surface area contributed by atoms with Crippen molar-refractivity contribution in [3.8, 4) is 0 Å². The molecule has 0 unspecified atom stereocenters. The molecule has 0 aliphatic heterocycles. The average Bonchev–Trinajstić information content (AvgIpc) is 2.77. The molecular formula is C22H32N6O3. The predicted octanol–water partition coefficient (Wildman–Crippen LogP) is 2.86. The second kappa shape index (κ2) is 13.7. The van der Waals surface area contributed by atoms with Crippen molar-refractivity contribution in [1.29, 1.82) is 0 Å². The summed E-state index contributed by atoms with van der Waals surface area (Å²) in [5.41, 5.74) is 3.53. The van der Waals surface area contributed by atoms with E-state index in [0.29, 0.717) is 36.3 Å². The molecule has 0 amide bonds. The van der Waals surface area contributed by atoms with Crippen LogP contribution in [0.25, 0.3) is 6.08 Å². The Labute approximate surface area is 184 Å². The molecule has 2 rings (SSSR count). The molecule has 9 nitrogen and oxygen atoms in total. The second-order valence-corrected chi connectivity index (χ2v) is 6.43. The van der Waals surface area contributed by atoms with E-state index in [4.69, 9.17) is 4.74 Å². The van der Waals surface area contributed by atoms with Gasteiger partial charge in [0.2, 0.25) is 11.9 Å². The van der Waals surface area contributed by atoms with E-state index >= 15 is 0 Å². The lowest BCUT2D eigenvalue weighted by atomic mass is 10.1. The monoisotopic (exact) mass is 428 g/mol. The maximum absolute atomic E-state index is 11.6. The number of aryl methyl sites for hydroxylation is 2. The Morgan fingerprint density at radius 1 is 1.16 bits per heavy atom. The fraction of sp³-hybridized carbons (Fsp3) is 0.409. The van der Waals surface area contributed by atoms with Crippen molar-refractivity contribution in [1.82, 2.24) is 15.0 Å². The molecule has 168 valence electrons. The first kappa shape index (κ1) is 25.5. The van der Waals surface area contributed by atoms with E-state index in [0.717, 1.165) is 23.1 Å². The lowest BCUT2D eigenvalue weighted by molar-refractivity contribution is -0.128. The molecule has 9 heteroatoms. The van der Waals surface area contributed by atoms with Crippen LogP contribution in [0.4, 0.5) is 17.6 Å². The molecule has 2 N–H and O–H groups in total. The highest BCUT2D eigenvalue weighted by Gasteiger charge is 2.09. The number of carbonyl (C=O) groups is 2. The van der Waals surface area contributed by atoms with Crippen LogP contribution >= 0.6 is 0 Å². The minimum Gasteiger partial charge on any atom is -0.466 e. The van der Waals surface area contributed by atoms with Gasteiger partial charge in [-0.1, -0.05) is 25.5 Å². The van der Waals surface area contributed by atoms with E-state index in [1.807, 2.05) is 52.1 Å². The molecule has 0 spiro atoms. The number of aromatic nitrogens is 3. The van der Waals surface area contributed by atoms with E-state index < -0.39 is 0 Å². The van der Waals surface area contributed by atoms with Crippen LogP contribution in [0.5, 0.6) is 0 Å². The highest BCUT2D eigenvalue weighted by atomic mass is 16.5. The number of ether oxygens (including phenoxy) is 1. The lowest BCUT2D eigenvalue weighted by Gasteiger charge is -2.17. The van der Waals surface area contributed by atoms with Crippen molar-refractivity contribution >= 4 is 36.4 Å². The normalized spacial score (nSPS) is 10.5. The summed E-state index contributed by atoms with van der Waals surface area (Å²) in [5, 5.41) is 6.20. The molecule has 0 aliphatic rings. The molecular weight excluding hydrogens is 396 g/mol. The molecule has 1 heterocycles. The van der Waals surface area contributed by atoms with Gasteiger partial charge in [0.05, 0.1) is 6.54 Å². The van der Waals surface area contributed by atoms with Gasteiger partial charge in [-0.2, -0.15) is 15.0 Å². The Kier molecular flexibility index (Phi) is 11.3. The second-order valence-electron chi connectivity index (χ2n) is 6.43. The van der Waals surface area contributed by atoms with Crippen molar-refractivity contribution < 1.29 is 14.3 Å². The first-order valence-corrected chi connectivity index (χ1v) is 10.1. The predicted molar refractivity (Wildman–Crippen MR) is 124 cm³/mol. The standard InChI is InChI=1S/C20H26N6O3.C2H6/c1-14-5-6-18(21-3)17(9-14)10-16(12-27)11-22-19-23-15(2)24-20(25-19)26(4)7-8-29-13-28;1-2/h5-6,9-10,12-13,21H,7-8,11H2,1-4H3,(H,22,23,24,25);1-2H3/b16-10-;. The Morgan fingerprint density at radius 3 is 2.55 bits per heavy atom. The Hall–Kier alpha value is -3.49. The number of anilines is 3. The maximum Gasteiger partial charge on any atom is 0.293 e. The third kappa shape index (κ3) is 8.41. The zero-order chi connectivity index (χ0) is 23.2. The van der Waals surface area contributed by atoms with Crippen LogP contribution in [0.2, 0.25) is 0 Å². The van der Waals surface area contributed by atoms with Crippen LogP contribution < -0.4 is 15.5 Å². The first-order chi connectivity index (χ1) is 15.0. The van der Waals surface area contributed by atoms with Gasteiger partial charge >= 0.3 is 0 Å². The summed E-state index contributed by atoms with van der Waals surface area (Å²) >= 11 is 0. The van der Waals surface area contributed by atoms with E-state index in [9.17, 15) is 9.59 Å². The lowest BCUT2D eigenvalue weighted by Crippen LogP contribution is -2.25. The summed E-state index contributed by atoms with van der Waals surface area (Å²) in [6.45, 7) is 9.11. The number of likely N-dealkylation sites (N-methyl/N-ethyl adjacent to an activating group) is 1. The van der Waals surface area contributed by atoms with Gasteiger partial charge in [0.25, 0.3) is 6.47 Å². The molecule has 0 aliphatic carbocycles. The SMILES string of the molecule is CC.CNc1ccc(C)cc1/C=C(\C=O)CNc1nc(C)nc(N(C)CCOC=O)n1. The number of rotatable bonds is 11. The van der Waals surface area contributed by atoms with E-state index in [1.165, 1.54) is 0 Å². The molecule has 0 saturated heterocycles. The fourth-order valence-electron chi connectivity index (χ4n) is 2.59. The summed E-state index contributed by atoms with van der Waals surface area (Å²) in [4.78, 5) is 36.5. The zero-order valence-corrected chi connectivity index (χ0v) is 19.1. The van der Waals surface area contributed by atoms with Gasteiger partial charge in [0, 0.05) is 31.9 Å². The summed E-state index contributed by atoms with van der Waals surface area (Å²) < 4.78 is 4.70. The minimum atomic E-state index is 0.232. The van der Waals surface area contributed by atoms with E-state index in [-0.39, 0.29) is 13.2 Å². The number of nitrogens with one attached hydrogen (secondary N) is 2. The number of hydrogen-bond acceptors (Lipinski definition) is 9. The Morgan fingerprint density at radius 2 is 1.90 bits per heavy atom. The van der Waals surface area contributed by atoms with Gasteiger partial charge in [-0.25, -0.2) is 0 Å². The molecule has 0 fully saturated rings. The van der Waals surface area contributed by atoms with Crippen LogP contribution in [0.1, 0.15) is 30.8 Å². The van der Waals surface area contributed by atoms with Gasteiger partial charge in [-0.15, -0.1) is 0 Å². The van der Waals surface area contributed by atoms with Crippen LogP contribution in [0.15, 0.2) is 23.8 Å². The molecule has 1 aromatic heterocycles. The summed E-state index contributed by atoms with van der Waals surface area (Å²) in [7, 11) is 3.63. The van der Waals surface area contributed by atoms with Crippen molar-refractivity contribution in [3.05, 3.63) is 40.7 Å². The van der Waals surface area contributed by atoms with Gasteiger partial charge in [0.15, 0.2) is 0 Å². The third-order valence-corrected chi connectivity index (χ3v) is 4.11. The number of nitrogens with zero attached hydrogens (tertiary/aromatic N) is 4. The summed E-state index contributed by atoms with van der Waals surface area (Å²) in [6.07, 6.45) is 2.64. The largest absolute Gasteiger partial charge is 0.466 e. The van der Waals surface area contributed by atoms with Crippen molar-refractivity contribution in [2.24, 2.45) is 0 Å². The maximum atomic E-state index is 11.6. The summed E-state index contributed by atoms with van der Waals surface area (Å²) in [5.74, 6) is 1.34. The highest BCUT2D eigenvalue weighted by Crippen LogP contribution is 2.20. The molecule has 31 heavy (non-hydrogen) atoms. The van der Waals surface area contributed by atoms with Gasteiger partial charge in [-0.3, -0.25) is 9.59 Å². The van der Waals surface area contributed by atoms with Gasteiger partial charge in [-0.05, 0) is 37.6 Å². The number of carbonyl (C=O) groups excluding carboxylic acids is 2. The number of aldehydes is 1. The van der Waals surface area contributed by atoms with Crippen LogP contribution in [0.3, 0.4) is 0 Å². The third-order valence-electron chi connectivity index (χ3n) is 4.11. The molecule has 0 saturated carbocycles. The van der Waals surface area contributed by atoms with Gasteiger partial charge in [0.1, 0.15) is 18.7 Å². The van der Waals surface area contributed by atoms with Gasteiger partial charge < -0.3 is 20.3 Å². The van der Waals surface area contributed by atoms with Crippen LogP contribution in [-0.4, -0.2) is 61.5 Å². The molecule has 1 aromatic carbocycles. The molecule has 0 atom stereocenters. The molecule has 0 bridgehead atoms. The first-order valence-electron chi connectivity index (χ1n) is 10.1. The topological polar surface area (TPSA) is 109 Å². The van der Waals surface area contributed by atoms with Crippen molar-refractivity contribution in [3.63, 3.8) is 0 Å². The van der Waals surface area contributed by atoms with Crippen LogP contribution in [0, 0.1) is 13.8 Å². The Bertz CT molecular complexity index is 886. The summed E-state index contributed by atoms with van der Waals surface area (Å²) in [6, 6.07) is 5.99. The number of hydrogen-bond donors (Lipinski definition) is 2. The zero-order valence-electron chi connectivity index (χ0n) is 19.1. The smallest absolute Gasteiger partial charge is 0.293 e. The molecule has 2 aromatic rings. The quantitative estimate of drug-likeness (QED) is 0.317. The minimum absolute atomic E-state index is 0.232. The van der Waals surface area contributed by atoms with Crippen molar-refractivity contribution in [2.45, 2.75) is 27.7 Å². The highest BCUT2D eigenvalue weighted by molar-refractivity contribution is 5.85. The number of benzene rings is 1. The average molecular weight is 429 g/mol. The fourth-order valence-corrected chi connectivity index (χ4v) is 2.59.